The minimum atomic E-state index is -0.361. The Hall–Kier alpha value is -3.40. The molecule has 0 radical (unpaired) electrons. The van der Waals surface area contributed by atoms with Gasteiger partial charge in [0.05, 0.1) is 12.9 Å². The third-order valence-electron chi connectivity index (χ3n) is 4.33. The highest BCUT2D eigenvalue weighted by Gasteiger charge is 2.13. The molecule has 0 aliphatic carbocycles. The van der Waals surface area contributed by atoms with E-state index >= 15 is 0 Å². The molecule has 0 saturated carbocycles. The van der Waals surface area contributed by atoms with Crippen LogP contribution >= 0.6 is 11.8 Å². The van der Waals surface area contributed by atoms with Crippen molar-refractivity contribution in [3.8, 4) is 5.75 Å². The summed E-state index contributed by atoms with van der Waals surface area (Å²) >= 11 is 1.26. The third-order valence-corrected chi connectivity index (χ3v) is 5.36. The Labute approximate surface area is 183 Å². The number of ether oxygens (including phenoxy) is 1. The van der Waals surface area contributed by atoms with Crippen LogP contribution in [-0.4, -0.2) is 39.4 Å². The van der Waals surface area contributed by atoms with E-state index in [1.54, 1.807) is 43.0 Å². The van der Waals surface area contributed by atoms with Crippen molar-refractivity contribution in [1.29, 1.82) is 0 Å². The van der Waals surface area contributed by atoms with Crippen LogP contribution in [0.15, 0.2) is 53.7 Å². The lowest BCUT2D eigenvalue weighted by Gasteiger charge is -2.07. The van der Waals surface area contributed by atoms with Gasteiger partial charge in [-0.15, -0.1) is 10.2 Å². The normalized spacial score (nSPS) is 10.5. The number of methoxy groups -OCH3 is 1. The molecule has 0 aliphatic heterocycles. The van der Waals surface area contributed by atoms with Gasteiger partial charge in [-0.1, -0.05) is 11.8 Å². The molecule has 1 heterocycles. The quantitative estimate of drug-likeness (QED) is 0.493. The summed E-state index contributed by atoms with van der Waals surface area (Å²) < 4.78 is 19.8. The van der Waals surface area contributed by atoms with Crippen molar-refractivity contribution in [3.63, 3.8) is 0 Å². The number of halogens is 1. The second-order valence-corrected chi connectivity index (χ2v) is 7.52. The lowest BCUT2D eigenvalue weighted by molar-refractivity contribution is -0.116. The second-order valence-electron chi connectivity index (χ2n) is 6.58. The summed E-state index contributed by atoms with van der Waals surface area (Å²) in [6.45, 7) is 0. The summed E-state index contributed by atoms with van der Waals surface area (Å²) in [5.74, 6) is 0.779. The summed E-state index contributed by atoms with van der Waals surface area (Å²) in [4.78, 5) is 24.3. The number of benzene rings is 2. The highest BCUT2D eigenvalue weighted by molar-refractivity contribution is 7.99. The molecule has 3 aromatic rings. The van der Waals surface area contributed by atoms with Gasteiger partial charge in [-0.3, -0.25) is 9.59 Å². The highest BCUT2D eigenvalue weighted by Crippen LogP contribution is 2.19. The van der Waals surface area contributed by atoms with E-state index in [0.29, 0.717) is 34.5 Å². The minimum absolute atomic E-state index is 0.168. The monoisotopic (exact) mass is 443 g/mol. The molecule has 0 aliphatic rings. The number of hydrogen-bond acceptors (Lipinski definition) is 6. The van der Waals surface area contributed by atoms with Crippen LogP contribution in [0, 0.1) is 5.82 Å². The Morgan fingerprint density at radius 1 is 1.00 bits per heavy atom. The van der Waals surface area contributed by atoms with Crippen molar-refractivity contribution < 1.29 is 18.7 Å². The first-order chi connectivity index (χ1) is 14.9. The van der Waals surface area contributed by atoms with Gasteiger partial charge < -0.3 is 19.9 Å². The molecule has 0 saturated heterocycles. The molecular formula is C21H22FN5O3S. The molecule has 2 amide bonds. The first-order valence-electron chi connectivity index (χ1n) is 9.45. The Kier molecular flexibility index (Phi) is 7.60. The molecule has 10 heteroatoms. The Morgan fingerprint density at radius 2 is 1.61 bits per heavy atom. The zero-order valence-electron chi connectivity index (χ0n) is 17.1. The smallest absolute Gasteiger partial charge is 0.234 e. The number of nitrogens with one attached hydrogen (secondary N) is 2. The van der Waals surface area contributed by atoms with E-state index < -0.39 is 0 Å². The van der Waals surface area contributed by atoms with Crippen molar-refractivity contribution in [2.45, 2.75) is 18.0 Å². The molecule has 1 aromatic heterocycles. The molecule has 3 rings (SSSR count). The number of amides is 2. The number of anilines is 2. The van der Waals surface area contributed by atoms with E-state index in [-0.39, 0.29) is 29.8 Å². The maximum Gasteiger partial charge on any atom is 0.234 e. The van der Waals surface area contributed by atoms with Crippen molar-refractivity contribution in [1.82, 2.24) is 14.8 Å². The maximum atomic E-state index is 12.9. The molecule has 2 aromatic carbocycles. The standard InChI is InChI=1S/C21H22FN5O3S/c1-27-18(11-12-19(28)23-15-5-3-14(22)4-6-15)25-26-21(27)31-13-20(29)24-16-7-9-17(30-2)10-8-16/h3-10H,11-13H2,1-2H3,(H,23,28)(H,24,29). The van der Waals surface area contributed by atoms with Crippen LogP contribution in [-0.2, 0) is 23.1 Å². The Balaban J connectivity index is 1.46. The number of nitrogens with zero attached hydrogens (tertiary/aromatic N) is 3. The number of hydrogen-bond donors (Lipinski definition) is 2. The first-order valence-corrected chi connectivity index (χ1v) is 10.4. The molecule has 31 heavy (non-hydrogen) atoms. The van der Waals surface area contributed by atoms with Crippen LogP contribution < -0.4 is 15.4 Å². The van der Waals surface area contributed by atoms with Crippen LogP contribution in [0.4, 0.5) is 15.8 Å². The van der Waals surface area contributed by atoms with Gasteiger partial charge in [-0.05, 0) is 48.5 Å². The summed E-state index contributed by atoms with van der Waals surface area (Å²) in [6, 6.07) is 12.6. The van der Waals surface area contributed by atoms with Crippen LogP contribution in [0.5, 0.6) is 5.75 Å². The summed E-state index contributed by atoms with van der Waals surface area (Å²) in [5, 5.41) is 14.3. The fraction of sp³-hybridized carbons (Fsp3) is 0.238. The van der Waals surface area contributed by atoms with Crippen molar-refractivity contribution >= 4 is 35.0 Å². The van der Waals surface area contributed by atoms with Gasteiger partial charge in [0.25, 0.3) is 0 Å². The van der Waals surface area contributed by atoms with Gasteiger partial charge in [-0.2, -0.15) is 0 Å². The zero-order chi connectivity index (χ0) is 22.2. The number of thioether (sulfide) groups is 1. The first kappa shape index (κ1) is 22.3. The van der Waals surface area contributed by atoms with Gasteiger partial charge in [0.15, 0.2) is 5.16 Å². The Bertz CT molecular complexity index is 1040. The predicted molar refractivity (Wildman–Crippen MR) is 117 cm³/mol. The number of aryl methyl sites for hydroxylation is 1. The number of rotatable bonds is 9. The van der Waals surface area contributed by atoms with Gasteiger partial charge in [0, 0.05) is 31.3 Å². The summed E-state index contributed by atoms with van der Waals surface area (Å²) in [6.07, 6.45) is 0.584. The van der Waals surface area contributed by atoms with Crippen LogP contribution in [0.2, 0.25) is 0 Å². The fourth-order valence-electron chi connectivity index (χ4n) is 2.67. The second kappa shape index (κ2) is 10.6. The molecule has 0 fully saturated rings. The third kappa shape index (κ3) is 6.54. The predicted octanol–water partition coefficient (Wildman–Crippen LogP) is 3.26. The molecule has 0 bridgehead atoms. The highest BCUT2D eigenvalue weighted by atomic mass is 32.2. The molecule has 0 atom stereocenters. The number of carbonyl (C=O) groups is 2. The van der Waals surface area contributed by atoms with E-state index in [4.69, 9.17) is 4.74 Å². The number of carbonyl (C=O) groups excluding carboxylic acids is 2. The maximum absolute atomic E-state index is 12.9. The van der Waals surface area contributed by atoms with E-state index in [2.05, 4.69) is 20.8 Å². The molecular weight excluding hydrogens is 421 g/mol. The van der Waals surface area contributed by atoms with E-state index in [9.17, 15) is 14.0 Å². The van der Waals surface area contributed by atoms with E-state index in [1.165, 1.54) is 36.0 Å². The molecule has 0 spiro atoms. The fourth-order valence-corrected chi connectivity index (χ4v) is 3.40. The van der Waals surface area contributed by atoms with Gasteiger partial charge in [-0.25, -0.2) is 4.39 Å². The summed E-state index contributed by atoms with van der Waals surface area (Å²) in [5.41, 5.74) is 1.21. The van der Waals surface area contributed by atoms with Crippen molar-refractivity contribution in [3.05, 3.63) is 60.2 Å². The average molecular weight is 444 g/mol. The number of aromatic nitrogens is 3. The molecule has 8 nitrogen and oxygen atoms in total. The minimum Gasteiger partial charge on any atom is -0.497 e. The Morgan fingerprint density at radius 3 is 2.26 bits per heavy atom. The van der Waals surface area contributed by atoms with Crippen molar-refractivity contribution in [2.24, 2.45) is 7.05 Å². The molecule has 162 valence electrons. The summed E-state index contributed by atoms with van der Waals surface area (Å²) in [7, 11) is 3.37. The SMILES string of the molecule is COc1ccc(NC(=O)CSc2nnc(CCC(=O)Nc3ccc(F)cc3)n2C)cc1. The largest absolute Gasteiger partial charge is 0.497 e. The average Bonchev–Trinajstić information content (AvgIpc) is 3.12. The van der Waals surface area contributed by atoms with Crippen LogP contribution in [0.25, 0.3) is 0 Å². The van der Waals surface area contributed by atoms with E-state index in [0.717, 1.165) is 0 Å². The van der Waals surface area contributed by atoms with Gasteiger partial charge >= 0.3 is 0 Å². The lowest BCUT2D eigenvalue weighted by atomic mass is 10.2. The lowest BCUT2D eigenvalue weighted by Crippen LogP contribution is -2.15. The topological polar surface area (TPSA) is 98.1 Å². The zero-order valence-corrected chi connectivity index (χ0v) is 17.9. The van der Waals surface area contributed by atoms with Gasteiger partial charge in [0.1, 0.15) is 17.4 Å². The van der Waals surface area contributed by atoms with Crippen LogP contribution in [0.3, 0.4) is 0 Å². The molecule has 2 N–H and O–H groups in total. The van der Waals surface area contributed by atoms with Crippen LogP contribution in [0.1, 0.15) is 12.2 Å². The van der Waals surface area contributed by atoms with Crippen molar-refractivity contribution in [2.75, 3.05) is 23.5 Å². The molecule has 0 unspecified atom stereocenters. The van der Waals surface area contributed by atoms with E-state index in [1.807, 2.05) is 0 Å². The van der Waals surface area contributed by atoms with Gasteiger partial charge in [0.2, 0.25) is 11.8 Å².